The number of rotatable bonds is 3. The predicted molar refractivity (Wildman–Crippen MR) is 62.7 cm³/mol. The summed E-state index contributed by atoms with van der Waals surface area (Å²) < 4.78 is 1.98. The average Bonchev–Trinajstić information content (AvgIpc) is 2.67. The van der Waals surface area contributed by atoms with Crippen molar-refractivity contribution in [2.75, 3.05) is 7.05 Å². The van der Waals surface area contributed by atoms with Crippen LogP contribution >= 0.6 is 0 Å². The molecule has 0 saturated heterocycles. The highest BCUT2D eigenvalue weighted by Gasteiger charge is 2.10. The van der Waals surface area contributed by atoms with Gasteiger partial charge in [-0.2, -0.15) is 5.26 Å². The lowest BCUT2D eigenvalue weighted by Gasteiger charge is -2.12. The van der Waals surface area contributed by atoms with E-state index in [9.17, 15) is 0 Å². The maximum Gasteiger partial charge on any atom is 0.0955 e. The molecule has 0 aliphatic heterocycles. The number of nitrogens with zero attached hydrogens (tertiary/aromatic N) is 3. The number of hydrogen-bond donors (Lipinski definition) is 1. The molecule has 4 heteroatoms. The van der Waals surface area contributed by atoms with Crippen LogP contribution in [0, 0.1) is 11.3 Å². The standard InChI is InChI=1S/C12H14N4/c1-14-10(5-6-13)9-3-4-12-11(7-9)15-8-16(12)2/h3-4,7-8,10,14H,5H2,1-2H3. The average molecular weight is 214 g/mol. The van der Waals surface area contributed by atoms with Crippen LogP contribution in [0.2, 0.25) is 0 Å². The van der Waals surface area contributed by atoms with Crippen molar-refractivity contribution >= 4 is 11.0 Å². The van der Waals surface area contributed by atoms with E-state index in [2.05, 4.69) is 16.4 Å². The Balaban J connectivity index is 2.42. The third kappa shape index (κ3) is 1.77. The van der Waals surface area contributed by atoms with Crippen molar-refractivity contribution in [3.8, 4) is 6.07 Å². The highest BCUT2D eigenvalue weighted by atomic mass is 15.0. The fraction of sp³-hybridized carbons (Fsp3) is 0.333. The van der Waals surface area contributed by atoms with Gasteiger partial charge in [0.25, 0.3) is 0 Å². The van der Waals surface area contributed by atoms with E-state index in [1.54, 1.807) is 6.33 Å². The number of fused-ring (bicyclic) bond motifs is 1. The van der Waals surface area contributed by atoms with Crippen molar-refractivity contribution in [3.63, 3.8) is 0 Å². The zero-order chi connectivity index (χ0) is 11.5. The molecule has 0 aliphatic rings. The van der Waals surface area contributed by atoms with Gasteiger partial charge in [-0.25, -0.2) is 4.98 Å². The molecule has 0 bridgehead atoms. The Kier molecular flexibility index (Phi) is 2.88. The van der Waals surface area contributed by atoms with Gasteiger partial charge in [0.15, 0.2) is 0 Å². The van der Waals surface area contributed by atoms with Crippen LogP contribution in [0.15, 0.2) is 24.5 Å². The Hall–Kier alpha value is -1.86. The van der Waals surface area contributed by atoms with Crippen molar-refractivity contribution in [1.82, 2.24) is 14.9 Å². The normalized spacial score (nSPS) is 12.6. The Morgan fingerprint density at radius 2 is 2.38 bits per heavy atom. The number of imidazole rings is 1. The molecule has 0 saturated carbocycles. The SMILES string of the molecule is CNC(CC#N)c1ccc2c(c1)ncn2C. The lowest BCUT2D eigenvalue weighted by molar-refractivity contribution is 0.609. The van der Waals surface area contributed by atoms with Crippen molar-refractivity contribution in [3.05, 3.63) is 30.1 Å². The summed E-state index contributed by atoms with van der Waals surface area (Å²) in [5.41, 5.74) is 3.18. The number of nitriles is 1. The first-order valence-corrected chi connectivity index (χ1v) is 5.21. The van der Waals surface area contributed by atoms with Crippen LogP contribution in [0.1, 0.15) is 18.0 Å². The lowest BCUT2D eigenvalue weighted by atomic mass is 10.0. The minimum Gasteiger partial charge on any atom is -0.334 e. The lowest BCUT2D eigenvalue weighted by Crippen LogP contribution is -2.15. The molecule has 0 fully saturated rings. The van der Waals surface area contributed by atoms with Crippen LogP contribution < -0.4 is 5.32 Å². The predicted octanol–water partition coefficient (Wildman–Crippen LogP) is 1.75. The Morgan fingerprint density at radius 3 is 3.06 bits per heavy atom. The Labute approximate surface area is 94.5 Å². The molecular formula is C12H14N4. The molecule has 1 aromatic heterocycles. The van der Waals surface area contributed by atoms with Crippen molar-refractivity contribution in [2.24, 2.45) is 7.05 Å². The summed E-state index contributed by atoms with van der Waals surface area (Å²) in [6.07, 6.45) is 2.27. The van der Waals surface area contributed by atoms with Gasteiger partial charge in [0.1, 0.15) is 0 Å². The number of aryl methyl sites for hydroxylation is 1. The smallest absolute Gasteiger partial charge is 0.0955 e. The summed E-state index contributed by atoms with van der Waals surface area (Å²) in [5, 5.41) is 11.9. The van der Waals surface area contributed by atoms with Crippen LogP contribution in [-0.2, 0) is 7.05 Å². The van der Waals surface area contributed by atoms with Crippen LogP contribution in [0.5, 0.6) is 0 Å². The molecule has 1 heterocycles. The molecule has 0 radical (unpaired) electrons. The molecule has 2 aromatic rings. The summed E-state index contributed by atoms with van der Waals surface area (Å²) in [7, 11) is 3.84. The van der Waals surface area contributed by atoms with Gasteiger partial charge in [-0.05, 0) is 24.7 Å². The van der Waals surface area contributed by atoms with Crippen LogP contribution in [0.25, 0.3) is 11.0 Å². The molecule has 2 rings (SSSR count). The molecule has 16 heavy (non-hydrogen) atoms. The Morgan fingerprint density at radius 1 is 1.56 bits per heavy atom. The van der Waals surface area contributed by atoms with E-state index in [0.717, 1.165) is 16.6 Å². The van der Waals surface area contributed by atoms with Gasteiger partial charge in [-0.3, -0.25) is 0 Å². The molecule has 82 valence electrons. The monoisotopic (exact) mass is 214 g/mol. The summed E-state index contributed by atoms with van der Waals surface area (Å²) >= 11 is 0. The van der Waals surface area contributed by atoms with Gasteiger partial charge >= 0.3 is 0 Å². The summed E-state index contributed by atoms with van der Waals surface area (Å²) in [6.45, 7) is 0. The molecule has 1 aromatic carbocycles. The molecule has 0 spiro atoms. The maximum absolute atomic E-state index is 8.74. The number of benzene rings is 1. The van der Waals surface area contributed by atoms with E-state index < -0.39 is 0 Å². The van der Waals surface area contributed by atoms with Crippen LogP contribution in [0.3, 0.4) is 0 Å². The molecule has 0 amide bonds. The van der Waals surface area contributed by atoms with E-state index in [1.807, 2.05) is 36.9 Å². The molecule has 1 unspecified atom stereocenters. The third-order valence-electron chi connectivity index (χ3n) is 2.80. The first kappa shape index (κ1) is 10.7. The van der Waals surface area contributed by atoms with Gasteiger partial charge in [0.2, 0.25) is 0 Å². The van der Waals surface area contributed by atoms with Gasteiger partial charge in [-0.1, -0.05) is 6.07 Å². The quantitative estimate of drug-likeness (QED) is 0.846. The third-order valence-corrected chi connectivity index (χ3v) is 2.80. The highest BCUT2D eigenvalue weighted by Crippen LogP contribution is 2.20. The van der Waals surface area contributed by atoms with Crippen LogP contribution in [-0.4, -0.2) is 16.6 Å². The van der Waals surface area contributed by atoms with E-state index in [4.69, 9.17) is 5.26 Å². The van der Waals surface area contributed by atoms with E-state index >= 15 is 0 Å². The minimum absolute atomic E-state index is 0.0800. The molecule has 1 N–H and O–H groups in total. The van der Waals surface area contributed by atoms with Crippen molar-refractivity contribution in [1.29, 1.82) is 5.26 Å². The number of hydrogen-bond acceptors (Lipinski definition) is 3. The summed E-state index contributed by atoms with van der Waals surface area (Å²) in [6, 6.07) is 8.38. The fourth-order valence-corrected chi connectivity index (χ4v) is 1.85. The zero-order valence-electron chi connectivity index (χ0n) is 9.44. The van der Waals surface area contributed by atoms with Gasteiger partial charge in [0, 0.05) is 13.1 Å². The topological polar surface area (TPSA) is 53.6 Å². The van der Waals surface area contributed by atoms with Crippen LogP contribution in [0.4, 0.5) is 0 Å². The fourth-order valence-electron chi connectivity index (χ4n) is 1.85. The maximum atomic E-state index is 8.74. The Bertz CT molecular complexity index is 535. The van der Waals surface area contributed by atoms with E-state index in [1.165, 1.54) is 0 Å². The summed E-state index contributed by atoms with van der Waals surface area (Å²) in [5.74, 6) is 0. The van der Waals surface area contributed by atoms with Gasteiger partial charge in [0.05, 0.1) is 29.9 Å². The first-order chi connectivity index (χ1) is 7.76. The second kappa shape index (κ2) is 4.33. The van der Waals surface area contributed by atoms with E-state index in [0.29, 0.717) is 6.42 Å². The second-order valence-corrected chi connectivity index (χ2v) is 3.81. The number of nitrogens with one attached hydrogen (secondary N) is 1. The molecule has 4 nitrogen and oxygen atoms in total. The van der Waals surface area contributed by atoms with E-state index in [-0.39, 0.29) is 6.04 Å². The highest BCUT2D eigenvalue weighted by molar-refractivity contribution is 5.76. The second-order valence-electron chi connectivity index (χ2n) is 3.81. The molecule has 1 atom stereocenters. The number of aromatic nitrogens is 2. The largest absolute Gasteiger partial charge is 0.334 e. The molecular weight excluding hydrogens is 200 g/mol. The van der Waals surface area contributed by atoms with Gasteiger partial charge in [-0.15, -0.1) is 0 Å². The first-order valence-electron chi connectivity index (χ1n) is 5.21. The molecule has 0 aliphatic carbocycles. The van der Waals surface area contributed by atoms with Gasteiger partial charge < -0.3 is 9.88 Å². The van der Waals surface area contributed by atoms with Crippen molar-refractivity contribution < 1.29 is 0 Å². The zero-order valence-corrected chi connectivity index (χ0v) is 9.44. The van der Waals surface area contributed by atoms with Crippen molar-refractivity contribution in [2.45, 2.75) is 12.5 Å². The summed E-state index contributed by atoms with van der Waals surface area (Å²) in [4.78, 5) is 4.31. The minimum atomic E-state index is 0.0800.